The third-order valence-electron chi connectivity index (χ3n) is 3.65. The maximum absolute atomic E-state index is 9.48. The third-order valence-corrected chi connectivity index (χ3v) is 3.95. The van der Waals surface area contributed by atoms with Gasteiger partial charge >= 0.3 is 0 Å². The lowest BCUT2D eigenvalue weighted by molar-refractivity contribution is 0.161. The number of rotatable bonds is 1. The average molecular weight is 290 g/mol. The minimum absolute atomic E-state index is 0.0590. The van der Waals surface area contributed by atoms with Gasteiger partial charge in [0.05, 0.1) is 5.02 Å². The zero-order valence-corrected chi connectivity index (χ0v) is 11.9. The van der Waals surface area contributed by atoms with E-state index in [4.69, 9.17) is 22.1 Å². The van der Waals surface area contributed by atoms with E-state index in [1.54, 1.807) is 12.1 Å². The van der Waals surface area contributed by atoms with E-state index in [1.165, 1.54) is 5.56 Å². The Balaban J connectivity index is 1.94. The Morgan fingerprint density at radius 3 is 2.80 bits per heavy atom. The number of fused-ring (bicyclic) bond motifs is 1. The van der Waals surface area contributed by atoms with E-state index >= 15 is 0 Å². The van der Waals surface area contributed by atoms with Gasteiger partial charge in [-0.1, -0.05) is 35.4 Å². The van der Waals surface area contributed by atoms with Gasteiger partial charge in [-0.05, 0) is 30.7 Å². The van der Waals surface area contributed by atoms with Gasteiger partial charge in [-0.15, -0.1) is 0 Å². The quantitative estimate of drug-likeness (QED) is 0.838. The van der Waals surface area contributed by atoms with Gasteiger partial charge in [0.2, 0.25) is 0 Å². The van der Waals surface area contributed by atoms with Crippen molar-refractivity contribution in [2.24, 2.45) is 5.73 Å². The number of ether oxygens (including phenoxy) is 1. The van der Waals surface area contributed by atoms with Crippen molar-refractivity contribution in [3.05, 3.63) is 58.1 Å². The molecule has 104 valence electrons. The molecule has 1 aliphatic rings. The molecular weight excluding hydrogens is 274 g/mol. The standard InChI is InChI=1S/C16H16ClNO2/c1-9-2-5-15-11(6-9)13(18)8-16(20-15)10-3-4-14(19)12(17)7-10/h2-7,13,16,19H,8,18H2,1H3/t13-,16?/m1/s1. The Kier molecular flexibility index (Phi) is 3.32. The Morgan fingerprint density at radius 1 is 1.25 bits per heavy atom. The highest BCUT2D eigenvalue weighted by atomic mass is 35.5. The molecule has 1 heterocycles. The van der Waals surface area contributed by atoms with Gasteiger partial charge in [0.1, 0.15) is 17.6 Å². The Hall–Kier alpha value is -1.71. The molecule has 4 heteroatoms. The van der Waals surface area contributed by atoms with Gasteiger partial charge in [0, 0.05) is 18.0 Å². The van der Waals surface area contributed by atoms with E-state index < -0.39 is 0 Å². The molecule has 3 nitrogen and oxygen atoms in total. The molecule has 0 amide bonds. The molecule has 2 aromatic rings. The molecule has 3 rings (SSSR count). The summed E-state index contributed by atoms with van der Waals surface area (Å²) in [6.45, 7) is 2.04. The van der Waals surface area contributed by atoms with E-state index in [2.05, 4.69) is 6.07 Å². The summed E-state index contributed by atoms with van der Waals surface area (Å²) in [4.78, 5) is 0. The summed E-state index contributed by atoms with van der Waals surface area (Å²) in [5.41, 5.74) is 9.40. The van der Waals surface area contributed by atoms with Crippen molar-refractivity contribution in [2.75, 3.05) is 0 Å². The Bertz CT molecular complexity index is 657. The van der Waals surface area contributed by atoms with Crippen LogP contribution in [0.3, 0.4) is 0 Å². The molecule has 0 aromatic heterocycles. The van der Waals surface area contributed by atoms with Crippen LogP contribution in [0.4, 0.5) is 0 Å². The fraction of sp³-hybridized carbons (Fsp3) is 0.250. The smallest absolute Gasteiger partial charge is 0.134 e. The number of aryl methyl sites for hydroxylation is 1. The molecule has 1 aliphatic heterocycles. The van der Waals surface area contributed by atoms with Crippen LogP contribution in [0.25, 0.3) is 0 Å². The van der Waals surface area contributed by atoms with Crippen LogP contribution in [0.15, 0.2) is 36.4 Å². The second-order valence-corrected chi connectivity index (χ2v) is 5.61. The molecule has 3 N–H and O–H groups in total. The number of phenolic OH excluding ortho intramolecular Hbond substituents is 1. The first kappa shape index (κ1) is 13.3. The molecule has 2 aromatic carbocycles. The molecule has 0 fully saturated rings. The SMILES string of the molecule is Cc1ccc2c(c1)[C@H](N)CC(c1ccc(O)c(Cl)c1)O2. The normalized spacial score (nSPS) is 21.1. The fourth-order valence-electron chi connectivity index (χ4n) is 2.55. The Morgan fingerprint density at radius 2 is 2.05 bits per heavy atom. The predicted octanol–water partition coefficient (Wildman–Crippen LogP) is 3.88. The van der Waals surface area contributed by atoms with Gasteiger partial charge < -0.3 is 15.6 Å². The summed E-state index contributed by atoms with van der Waals surface area (Å²) in [6.07, 6.45) is 0.552. The van der Waals surface area contributed by atoms with Crippen molar-refractivity contribution >= 4 is 11.6 Å². The average Bonchev–Trinajstić information content (AvgIpc) is 2.42. The van der Waals surface area contributed by atoms with E-state index in [1.807, 2.05) is 25.1 Å². The molecule has 0 saturated carbocycles. The van der Waals surface area contributed by atoms with Crippen molar-refractivity contribution in [2.45, 2.75) is 25.5 Å². The maximum Gasteiger partial charge on any atom is 0.134 e. The van der Waals surface area contributed by atoms with E-state index in [-0.39, 0.29) is 17.9 Å². The summed E-state index contributed by atoms with van der Waals surface area (Å²) in [7, 11) is 0. The zero-order valence-electron chi connectivity index (χ0n) is 11.1. The third kappa shape index (κ3) is 2.35. The topological polar surface area (TPSA) is 55.5 Å². The molecule has 1 unspecified atom stereocenters. The summed E-state index contributed by atoms with van der Waals surface area (Å²) in [5, 5.41) is 9.81. The number of aromatic hydroxyl groups is 1. The monoisotopic (exact) mass is 289 g/mol. The van der Waals surface area contributed by atoms with E-state index in [0.29, 0.717) is 11.4 Å². The summed E-state index contributed by atoms with van der Waals surface area (Å²) in [5.74, 6) is 0.898. The number of benzene rings is 2. The number of phenols is 1. The van der Waals surface area contributed by atoms with Gasteiger partial charge in [-0.3, -0.25) is 0 Å². The predicted molar refractivity (Wildman–Crippen MR) is 79.2 cm³/mol. The lowest BCUT2D eigenvalue weighted by Crippen LogP contribution is -2.24. The van der Waals surface area contributed by atoms with Crippen LogP contribution in [0, 0.1) is 6.92 Å². The van der Waals surface area contributed by atoms with Crippen LogP contribution in [0.2, 0.25) is 5.02 Å². The lowest BCUT2D eigenvalue weighted by Gasteiger charge is -2.31. The number of nitrogens with two attached hydrogens (primary N) is 1. The van der Waals surface area contributed by atoms with Crippen LogP contribution >= 0.6 is 11.6 Å². The van der Waals surface area contributed by atoms with Crippen molar-refractivity contribution in [1.82, 2.24) is 0 Å². The number of halogens is 1. The Labute approximate surface area is 122 Å². The zero-order chi connectivity index (χ0) is 14.3. The number of hydrogen-bond donors (Lipinski definition) is 2. The summed E-state index contributed by atoms with van der Waals surface area (Å²) < 4.78 is 6.02. The first-order chi connectivity index (χ1) is 9.54. The first-order valence-electron chi connectivity index (χ1n) is 6.56. The highest BCUT2D eigenvalue weighted by Gasteiger charge is 2.27. The highest BCUT2D eigenvalue weighted by molar-refractivity contribution is 6.32. The fourth-order valence-corrected chi connectivity index (χ4v) is 2.74. The number of hydrogen-bond acceptors (Lipinski definition) is 3. The summed E-state index contributed by atoms with van der Waals surface area (Å²) >= 11 is 5.95. The van der Waals surface area contributed by atoms with Crippen LogP contribution in [0.5, 0.6) is 11.5 Å². The minimum Gasteiger partial charge on any atom is -0.506 e. The van der Waals surface area contributed by atoms with E-state index in [0.717, 1.165) is 16.9 Å². The van der Waals surface area contributed by atoms with Gasteiger partial charge in [-0.2, -0.15) is 0 Å². The minimum atomic E-state index is -0.140. The van der Waals surface area contributed by atoms with Crippen LogP contribution in [-0.2, 0) is 0 Å². The van der Waals surface area contributed by atoms with Gasteiger partial charge in [-0.25, -0.2) is 0 Å². The molecular formula is C16H16ClNO2. The molecule has 0 saturated heterocycles. The second kappa shape index (κ2) is 5.00. The molecule has 0 spiro atoms. The molecule has 0 bridgehead atoms. The first-order valence-corrected chi connectivity index (χ1v) is 6.93. The highest BCUT2D eigenvalue weighted by Crippen LogP contribution is 2.41. The molecule has 2 atom stereocenters. The molecule has 20 heavy (non-hydrogen) atoms. The van der Waals surface area contributed by atoms with Gasteiger partial charge in [0.25, 0.3) is 0 Å². The van der Waals surface area contributed by atoms with Crippen molar-refractivity contribution in [1.29, 1.82) is 0 Å². The van der Waals surface area contributed by atoms with Crippen molar-refractivity contribution in [3.63, 3.8) is 0 Å². The molecule has 0 aliphatic carbocycles. The van der Waals surface area contributed by atoms with E-state index in [9.17, 15) is 5.11 Å². The second-order valence-electron chi connectivity index (χ2n) is 5.20. The molecule has 0 radical (unpaired) electrons. The van der Waals surface area contributed by atoms with Crippen LogP contribution in [-0.4, -0.2) is 5.11 Å². The van der Waals surface area contributed by atoms with Gasteiger partial charge in [0.15, 0.2) is 0 Å². The summed E-state index contributed by atoms with van der Waals surface area (Å²) in [6, 6.07) is 11.1. The van der Waals surface area contributed by atoms with Crippen LogP contribution < -0.4 is 10.5 Å². The van der Waals surface area contributed by atoms with Crippen molar-refractivity contribution in [3.8, 4) is 11.5 Å². The van der Waals surface area contributed by atoms with Crippen molar-refractivity contribution < 1.29 is 9.84 Å². The maximum atomic E-state index is 9.48. The van der Waals surface area contributed by atoms with Crippen LogP contribution in [0.1, 0.15) is 35.3 Å². The lowest BCUT2D eigenvalue weighted by atomic mass is 9.92. The largest absolute Gasteiger partial charge is 0.506 e.